The Morgan fingerprint density at radius 1 is 0.860 bits per heavy atom. The van der Waals surface area contributed by atoms with Gasteiger partial charge in [-0.2, -0.15) is 0 Å². The molecule has 0 aromatic heterocycles. The Kier molecular flexibility index (Phi) is 8.14. The summed E-state index contributed by atoms with van der Waals surface area (Å²) in [6.45, 7) is 0. The summed E-state index contributed by atoms with van der Waals surface area (Å²) in [6.07, 6.45) is 48.7. The molecule has 0 spiro atoms. The van der Waals surface area contributed by atoms with Crippen molar-refractivity contribution in [2.75, 3.05) is 0 Å². The zero-order valence-electron chi connectivity index (χ0n) is 26.2. The standard InChI is InChI=1S/C41H53NS/c43-40-34(28-12-4-1-5-13-28)20-11-21-35(40)31-22-23-39(42-33-18-8-3-9-19-33)36(25-31)30-16-10-17-32(24-30)41-26-37(38(41)27-41)29-14-6-2-7-15-29/h1-2,4,6,10,16-17,22-23,25,27-30,33,35-37,39,42-43H,3,5,7-9,11-15,18-21,24,26H2. The van der Waals surface area contributed by atoms with Crippen molar-refractivity contribution in [3.05, 3.63) is 94.0 Å². The Labute approximate surface area is 266 Å². The zero-order chi connectivity index (χ0) is 28.8. The molecule has 0 saturated heterocycles. The van der Waals surface area contributed by atoms with E-state index in [2.05, 4.69) is 72.2 Å². The van der Waals surface area contributed by atoms with E-state index < -0.39 is 0 Å². The highest BCUT2D eigenvalue weighted by atomic mass is 32.1. The molecule has 43 heavy (non-hydrogen) atoms. The van der Waals surface area contributed by atoms with Crippen LogP contribution in [0, 0.1) is 40.9 Å². The second-order valence-electron chi connectivity index (χ2n) is 15.3. The van der Waals surface area contributed by atoms with Crippen LogP contribution in [0.2, 0.25) is 0 Å². The van der Waals surface area contributed by atoms with Gasteiger partial charge in [0.2, 0.25) is 0 Å². The Morgan fingerprint density at radius 2 is 1.72 bits per heavy atom. The molecule has 8 unspecified atom stereocenters. The summed E-state index contributed by atoms with van der Waals surface area (Å²) in [7, 11) is 0. The maximum Gasteiger partial charge on any atom is 0.0324 e. The molecule has 8 atom stereocenters. The van der Waals surface area contributed by atoms with Crippen molar-refractivity contribution in [3.8, 4) is 0 Å². The van der Waals surface area contributed by atoms with Gasteiger partial charge in [0.05, 0.1) is 0 Å². The van der Waals surface area contributed by atoms with E-state index in [0.717, 1.165) is 17.8 Å². The number of fused-ring (bicyclic) bond motifs is 1. The lowest BCUT2D eigenvalue weighted by Gasteiger charge is -2.44. The van der Waals surface area contributed by atoms with Gasteiger partial charge >= 0.3 is 0 Å². The number of hydrogen-bond donors (Lipinski definition) is 2. The summed E-state index contributed by atoms with van der Waals surface area (Å²) >= 11 is 5.32. The molecule has 0 bridgehead atoms. The van der Waals surface area contributed by atoms with Crippen molar-refractivity contribution in [2.45, 2.75) is 115 Å². The van der Waals surface area contributed by atoms with Crippen LogP contribution >= 0.6 is 12.6 Å². The van der Waals surface area contributed by atoms with Crippen molar-refractivity contribution in [1.29, 1.82) is 0 Å². The van der Waals surface area contributed by atoms with Crippen molar-refractivity contribution < 1.29 is 0 Å². The Bertz CT molecular complexity index is 1330. The molecule has 228 valence electrons. The number of hydrogen-bond acceptors (Lipinski definition) is 2. The van der Waals surface area contributed by atoms with E-state index in [1.807, 2.05) is 5.57 Å². The first-order valence-corrected chi connectivity index (χ1v) is 18.6. The van der Waals surface area contributed by atoms with Crippen molar-refractivity contribution >= 4 is 12.6 Å². The first-order chi connectivity index (χ1) is 21.2. The summed E-state index contributed by atoms with van der Waals surface area (Å²) in [5.74, 6) is 4.05. The van der Waals surface area contributed by atoms with Crippen LogP contribution in [0.15, 0.2) is 94.0 Å². The quantitative estimate of drug-likeness (QED) is 0.222. The molecular formula is C41H53NS. The molecule has 1 nitrogen and oxygen atoms in total. The first-order valence-electron chi connectivity index (χ1n) is 18.2. The van der Waals surface area contributed by atoms with Gasteiger partial charge in [0.15, 0.2) is 0 Å². The van der Waals surface area contributed by atoms with Crippen LogP contribution in [-0.4, -0.2) is 12.1 Å². The van der Waals surface area contributed by atoms with Gasteiger partial charge in [0, 0.05) is 29.3 Å². The largest absolute Gasteiger partial charge is 0.307 e. The molecular weight excluding hydrogens is 539 g/mol. The summed E-state index contributed by atoms with van der Waals surface area (Å²) in [5, 5.41) is 4.20. The second-order valence-corrected chi connectivity index (χ2v) is 15.8. The molecule has 8 aliphatic carbocycles. The SMILES string of the molecule is SC1=C(C2CC=CCC2)CCCC1C1=CC(C2C=CC=C(C34C=C3C(C3CC=CCC3)C4)C2)C(NC2CCCCC2)C=C1. The minimum Gasteiger partial charge on any atom is -0.307 e. The average Bonchev–Trinajstić information content (AvgIpc) is 3.66. The number of thiol groups is 1. The normalized spacial score (nSPS) is 40.9. The maximum absolute atomic E-state index is 5.32. The van der Waals surface area contributed by atoms with Gasteiger partial charge in [0.25, 0.3) is 0 Å². The molecule has 0 radical (unpaired) electrons. The van der Waals surface area contributed by atoms with Gasteiger partial charge in [-0.25, -0.2) is 0 Å². The predicted octanol–water partition coefficient (Wildman–Crippen LogP) is 10.5. The van der Waals surface area contributed by atoms with Crippen LogP contribution in [0.1, 0.15) is 103 Å². The van der Waals surface area contributed by atoms with Gasteiger partial charge in [-0.05, 0) is 118 Å². The minimum absolute atomic E-state index is 0.367. The lowest BCUT2D eigenvalue weighted by Crippen LogP contribution is -2.45. The summed E-state index contributed by atoms with van der Waals surface area (Å²) in [5.41, 5.74) is 7.13. The summed E-state index contributed by atoms with van der Waals surface area (Å²) in [4.78, 5) is 1.42. The third-order valence-electron chi connectivity index (χ3n) is 12.9. The highest BCUT2D eigenvalue weighted by Gasteiger charge is 2.61. The van der Waals surface area contributed by atoms with Crippen LogP contribution < -0.4 is 5.32 Å². The Morgan fingerprint density at radius 3 is 2.51 bits per heavy atom. The summed E-state index contributed by atoms with van der Waals surface area (Å²) < 4.78 is 0. The van der Waals surface area contributed by atoms with Crippen LogP contribution in [0.3, 0.4) is 0 Å². The lowest BCUT2D eigenvalue weighted by atomic mass is 9.60. The molecule has 2 heteroatoms. The Balaban J connectivity index is 1.02. The third-order valence-corrected chi connectivity index (χ3v) is 13.5. The maximum atomic E-state index is 5.32. The van der Waals surface area contributed by atoms with Gasteiger partial charge in [-0.15, -0.1) is 12.6 Å². The predicted molar refractivity (Wildman–Crippen MR) is 185 cm³/mol. The molecule has 8 aliphatic rings. The van der Waals surface area contributed by atoms with Crippen LogP contribution in [0.5, 0.6) is 0 Å². The van der Waals surface area contributed by atoms with Crippen molar-refractivity contribution in [2.24, 2.45) is 40.9 Å². The number of nitrogens with one attached hydrogen (secondary N) is 1. The van der Waals surface area contributed by atoms with Gasteiger partial charge < -0.3 is 5.32 Å². The van der Waals surface area contributed by atoms with E-state index in [1.165, 1.54) is 108 Å². The fourth-order valence-electron chi connectivity index (χ4n) is 10.4. The molecule has 0 aromatic rings. The molecule has 0 amide bonds. The van der Waals surface area contributed by atoms with E-state index in [4.69, 9.17) is 12.6 Å². The average molecular weight is 592 g/mol. The highest BCUT2D eigenvalue weighted by Crippen LogP contribution is 2.71. The van der Waals surface area contributed by atoms with E-state index >= 15 is 0 Å². The fourth-order valence-corrected chi connectivity index (χ4v) is 10.9. The van der Waals surface area contributed by atoms with Gasteiger partial charge in [0.1, 0.15) is 0 Å². The topological polar surface area (TPSA) is 12.0 Å². The molecule has 0 heterocycles. The minimum atomic E-state index is 0.367. The van der Waals surface area contributed by atoms with Crippen LogP contribution in [-0.2, 0) is 0 Å². The smallest absolute Gasteiger partial charge is 0.0324 e. The Hall–Kier alpha value is -1.77. The molecule has 2 fully saturated rings. The summed E-state index contributed by atoms with van der Waals surface area (Å²) in [6, 6.07) is 1.11. The van der Waals surface area contributed by atoms with Gasteiger partial charge in [-0.1, -0.05) is 103 Å². The van der Waals surface area contributed by atoms with E-state index in [0.29, 0.717) is 35.3 Å². The lowest BCUT2D eigenvalue weighted by molar-refractivity contribution is 0.222. The molecule has 0 aliphatic heterocycles. The molecule has 2 saturated carbocycles. The fraction of sp³-hybridized carbons (Fsp3) is 0.610. The molecule has 8 rings (SSSR count). The van der Waals surface area contributed by atoms with E-state index in [1.54, 1.807) is 16.7 Å². The van der Waals surface area contributed by atoms with Crippen LogP contribution in [0.25, 0.3) is 0 Å². The van der Waals surface area contributed by atoms with Crippen molar-refractivity contribution in [3.63, 3.8) is 0 Å². The van der Waals surface area contributed by atoms with E-state index in [-0.39, 0.29) is 0 Å². The second kappa shape index (κ2) is 12.2. The molecule has 1 N–H and O–H groups in total. The zero-order valence-corrected chi connectivity index (χ0v) is 27.1. The monoisotopic (exact) mass is 591 g/mol. The highest BCUT2D eigenvalue weighted by molar-refractivity contribution is 7.84. The van der Waals surface area contributed by atoms with Crippen LogP contribution in [0.4, 0.5) is 0 Å². The first kappa shape index (κ1) is 28.7. The van der Waals surface area contributed by atoms with E-state index in [9.17, 15) is 0 Å². The number of rotatable bonds is 7. The number of allylic oxidation sites excluding steroid dienone is 14. The van der Waals surface area contributed by atoms with Crippen molar-refractivity contribution in [1.82, 2.24) is 5.32 Å². The van der Waals surface area contributed by atoms with Gasteiger partial charge in [-0.3, -0.25) is 0 Å². The third kappa shape index (κ3) is 5.52. The molecule has 0 aromatic carbocycles.